The van der Waals surface area contributed by atoms with Crippen LogP contribution >= 0.6 is 0 Å². The number of hydrogen-bond donors (Lipinski definition) is 0. The van der Waals surface area contributed by atoms with Crippen LogP contribution in [0.4, 0.5) is 0 Å². The molecule has 2 aromatic heterocycles. The first-order valence-electron chi connectivity index (χ1n) is 8.91. The van der Waals surface area contributed by atoms with Gasteiger partial charge in [-0.3, -0.25) is 9.59 Å². The van der Waals surface area contributed by atoms with E-state index >= 15 is 0 Å². The van der Waals surface area contributed by atoms with E-state index in [0.29, 0.717) is 19.0 Å². The molecule has 0 radical (unpaired) electrons. The summed E-state index contributed by atoms with van der Waals surface area (Å²) in [6, 6.07) is 3.82. The molecule has 0 spiro atoms. The van der Waals surface area contributed by atoms with Crippen LogP contribution in [0.2, 0.25) is 0 Å². The van der Waals surface area contributed by atoms with Crippen LogP contribution in [-0.2, 0) is 11.3 Å². The van der Waals surface area contributed by atoms with Crippen LogP contribution in [0, 0.1) is 6.92 Å². The average molecular weight is 372 g/mol. The third-order valence-electron chi connectivity index (χ3n) is 4.45. The molecule has 2 amide bonds. The van der Waals surface area contributed by atoms with Gasteiger partial charge in [-0.05, 0) is 12.5 Å². The molecule has 1 saturated heterocycles. The van der Waals surface area contributed by atoms with Crippen LogP contribution in [0.25, 0.3) is 0 Å². The van der Waals surface area contributed by atoms with E-state index in [2.05, 4.69) is 15.3 Å². The van der Waals surface area contributed by atoms with Gasteiger partial charge in [-0.25, -0.2) is 9.67 Å². The zero-order chi connectivity index (χ0) is 19.4. The number of piperidine rings is 1. The number of ether oxygens (including phenoxy) is 1. The molecule has 0 bridgehead atoms. The molecule has 0 aliphatic carbocycles. The molecule has 3 heterocycles. The highest BCUT2D eigenvalue weighted by atomic mass is 16.5. The quantitative estimate of drug-likeness (QED) is 0.769. The lowest BCUT2D eigenvalue weighted by Gasteiger charge is -2.31. The summed E-state index contributed by atoms with van der Waals surface area (Å²) < 4.78 is 7.27. The van der Waals surface area contributed by atoms with Gasteiger partial charge in [-0.1, -0.05) is 11.3 Å². The minimum Gasteiger partial charge on any atom is -0.474 e. The van der Waals surface area contributed by atoms with Gasteiger partial charge in [0.1, 0.15) is 12.6 Å². The van der Waals surface area contributed by atoms with Crippen molar-refractivity contribution in [1.82, 2.24) is 29.8 Å². The van der Waals surface area contributed by atoms with Crippen molar-refractivity contribution in [1.29, 1.82) is 0 Å². The molecule has 0 N–H and O–H groups in total. The molecule has 3 rings (SSSR count). The number of aryl methyl sites for hydroxylation is 1. The Hall–Kier alpha value is -2.97. The smallest absolute Gasteiger partial charge is 0.276 e. The highest BCUT2D eigenvalue weighted by Crippen LogP contribution is 2.18. The van der Waals surface area contributed by atoms with Crippen molar-refractivity contribution < 1.29 is 14.3 Å². The van der Waals surface area contributed by atoms with Gasteiger partial charge < -0.3 is 14.5 Å². The Balaban J connectivity index is 1.52. The number of aromatic nitrogens is 4. The third-order valence-corrected chi connectivity index (χ3v) is 4.45. The van der Waals surface area contributed by atoms with Crippen molar-refractivity contribution in [2.75, 3.05) is 27.2 Å². The van der Waals surface area contributed by atoms with Gasteiger partial charge in [0.05, 0.1) is 6.20 Å². The summed E-state index contributed by atoms with van der Waals surface area (Å²) in [6.07, 6.45) is 4.79. The highest BCUT2D eigenvalue weighted by molar-refractivity contribution is 5.92. The molecule has 1 aliphatic heterocycles. The minimum absolute atomic E-state index is 0.0395. The Labute approximate surface area is 157 Å². The van der Waals surface area contributed by atoms with Crippen molar-refractivity contribution in [3.8, 4) is 5.88 Å². The Bertz CT molecular complexity index is 794. The number of carbonyl (C=O) groups excluding carboxylic acids is 2. The molecule has 144 valence electrons. The molecule has 1 fully saturated rings. The lowest BCUT2D eigenvalue weighted by molar-refractivity contribution is -0.129. The monoisotopic (exact) mass is 372 g/mol. The van der Waals surface area contributed by atoms with E-state index in [0.717, 1.165) is 18.4 Å². The molecule has 0 aromatic carbocycles. The number of nitrogens with zero attached hydrogens (tertiary/aromatic N) is 6. The van der Waals surface area contributed by atoms with Crippen molar-refractivity contribution in [2.45, 2.75) is 32.4 Å². The van der Waals surface area contributed by atoms with Gasteiger partial charge in [0.15, 0.2) is 5.69 Å². The third kappa shape index (κ3) is 4.81. The van der Waals surface area contributed by atoms with E-state index in [9.17, 15) is 9.59 Å². The lowest BCUT2D eigenvalue weighted by atomic mass is 10.1. The minimum atomic E-state index is -0.175. The molecule has 0 atom stereocenters. The topological polar surface area (TPSA) is 93.5 Å². The van der Waals surface area contributed by atoms with Gasteiger partial charge in [0.25, 0.3) is 5.91 Å². The highest BCUT2D eigenvalue weighted by Gasteiger charge is 2.26. The van der Waals surface area contributed by atoms with E-state index in [-0.39, 0.29) is 30.2 Å². The van der Waals surface area contributed by atoms with E-state index < -0.39 is 0 Å². The van der Waals surface area contributed by atoms with E-state index in [1.54, 1.807) is 25.2 Å². The second kappa shape index (κ2) is 8.15. The first-order valence-corrected chi connectivity index (χ1v) is 8.91. The second-order valence-electron chi connectivity index (χ2n) is 6.87. The van der Waals surface area contributed by atoms with Crippen LogP contribution in [0.5, 0.6) is 5.88 Å². The fraction of sp³-hybridized carbons (Fsp3) is 0.500. The fourth-order valence-corrected chi connectivity index (χ4v) is 2.79. The Morgan fingerprint density at radius 3 is 2.63 bits per heavy atom. The molecule has 2 aromatic rings. The van der Waals surface area contributed by atoms with Crippen LogP contribution in [0.3, 0.4) is 0 Å². The van der Waals surface area contributed by atoms with Crippen molar-refractivity contribution in [3.05, 3.63) is 35.8 Å². The zero-order valence-corrected chi connectivity index (χ0v) is 15.8. The van der Waals surface area contributed by atoms with E-state index in [1.807, 2.05) is 19.1 Å². The van der Waals surface area contributed by atoms with Gasteiger partial charge in [-0.2, -0.15) is 0 Å². The normalized spacial score (nSPS) is 14.9. The standard InChI is InChI=1S/C18H24N6O3/c1-13-4-5-16(19-10-13)27-14-6-8-23(9-7-14)18(26)15-11-24(21-20-15)12-17(25)22(2)3/h4-5,10-11,14H,6-9,12H2,1-3H3. The van der Waals surface area contributed by atoms with Gasteiger partial charge in [0.2, 0.25) is 11.8 Å². The first kappa shape index (κ1) is 18.8. The lowest BCUT2D eigenvalue weighted by Crippen LogP contribution is -2.42. The number of carbonyl (C=O) groups is 2. The van der Waals surface area contributed by atoms with Crippen LogP contribution in [-0.4, -0.2) is 74.9 Å². The average Bonchev–Trinajstić information content (AvgIpc) is 3.12. The number of amides is 2. The molecule has 27 heavy (non-hydrogen) atoms. The Kier molecular flexibility index (Phi) is 5.68. The Morgan fingerprint density at radius 2 is 2.00 bits per heavy atom. The van der Waals surface area contributed by atoms with Gasteiger partial charge >= 0.3 is 0 Å². The summed E-state index contributed by atoms with van der Waals surface area (Å²) in [4.78, 5) is 31.8. The van der Waals surface area contributed by atoms with Crippen molar-refractivity contribution in [2.24, 2.45) is 0 Å². The predicted octanol–water partition coefficient (Wildman–Crippen LogP) is 0.753. The van der Waals surface area contributed by atoms with Crippen LogP contribution in [0.15, 0.2) is 24.5 Å². The number of likely N-dealkylation sites (tertiary alicyclic amines) is 1. The molecule has 9 nitrogen and oxygen atoms in total. The number of rotatable bonds is 5. The molecular weight excluding hydrogens is 348 g/mol. The summed E-state index contributed by atoms with van der Waals surface area (Å²) in [7, 11) is 3.34. The molecule has 0 unspecified atom stereocenters. The van der Waals surface area contributed by atoms with Gasteiger partial charge in [-0.15, -0.1) is 5.10 Å². The summed E-state index contributed by atoms with van der Waals surface area (Å²) in [6.45, 7) is 3.21. The maximum absolute atomic E-state index is 12.6. The summed E-state index contributed by atoms with van der Waals surface area (Å²) in [5.74, 6) is 0.325. The van der Waals surface area contributed by atoms with Crippen LogP contribution < -0.4 is 4.74 Å². The van der Waals surface area contributed by atoms with E-state index in [4.69, 9.17) is 4.74 Å². The van der Waals surface area contributed by atoms with Crippen molar-refractivity contribution >= 4 is 11.8 Å². The van der Waals surface area contributed by atoms with Crippen LogP contribution in [0.1, 0.15) is 28.9 Å². The Morgan fingerprint density at radius 1 is 1.26 bits per heavy atom. The number of pyridine rings is 1. The summed E-state index contributed by atoms with van der Waals surface area (Å²) in [5.41, 5.74) is 1.34. The molecular formula is C18H24N6O3. The first-order chi connectivity index (χ1) is 12.9. The van der Waals surface area contributed by atoms with E-state index in [1.165, 1.54) is 15.8 Å². The second-order valence-corrected chi connectivity index (χ2v) is 6.87. The van der Waals surface area contributed by atoms with Crippen molar-refractivity contribution in [3.63, 3.8) is 0 Å². The molecule has 9 heteroatoms. The number of hydrogen-bond acceptors (Lipinski definition) is 6. The summed E-state index contributed by atoms with van der Waals surface area (Å²) >= 11 is 0. The maximum atomic E-state index is 12.6. The molecule has 0 saturated carbocycles. The zero-order valence-electron chi connectivity index (χ0n) is 15.8. The van der Waals surface area contributed by atoms with Gasteiger partial charge in [0, 0.05) is 52.3 Å². The number of likely N-dealkylation sites (N-methyl/N-ethyl adjacent to an activating group) is 1. The molecule has 1 aliphatic rings. The largest absolute Gasteiger partial charge is 0.474 e. The maximum Gasteiger partial charge on any atom is 0.276 e. The summed E-state index contributed by atoms with van der Waals surface area (Å²) in [5, 5.41) is 7.78. The fourth-order valence-electron chi connectivity index (χ4n) is 2.79. The predicted molar refractivity (Wildman–Crippen MR) is 97.2 cm³/mol. The SMILES string of the molecule is Cc1ccc(OC2CCN(C(=O)c3cn(CC(=O)N(C)C)nn3)CC2)nc1.